The summed E-state index contributed by atoms with van der Waals surface area (Å²) in [5.41, 5.74) is 1.51. The third kappa shape index (κ3) is 9.66. The molecule has 5 rings (SSSR count). The summed E-state index contributed by atoms with van der Waals surface area (Å²) in [5.74, 6) is -1.44. The normalized spacial score (nSPS) is 32.8. The lowest BCUT2D eigenvalue weighted by atomic mass is 9.79. The lowest BCUT2D eigenvalue weighted by Gasteiger charge is -2.51. The van der Waals surface area contributed by atoms with E-state index in [0.29, 0.717) is 51.3 Å². The molecule has 4 saturated heterocycles. The van der Waals surface area contributed by atoms with Crippen LogP contribution in [0.25, 0.3) is 0 Å². The Hall–Kier alpha value is -2.09. The third-order valence-electron chi connectivity index (χ3n) is 10.7. The average molecular weight is 705 g/mol. The van der Waals surface area contributed by atoms with E-state index < -0.39 is 23.8 Å². The van der Waals surface area contributed by atoms with Gasteiger partial charge in [0.15, 0.2) is 11.6 Å². The highest BCUT2D eigenvalue weighted by Crippen LogP contribution is 2.43. The van der Waals surface area contributed by atoms with Gasteiger partial charge in [-0.1, -0.05) is 46.4 Å². The SMILES string of the molecule is C=C(C(O)C[C@@H]1O[C@H]2C[C@H]3OC(C)(C)OCC[C@H]3O[C@H]2[C@H](C)[C@H]1OCc1ccc(OC)cc1)[C@H](C)CC1(CCC(=O)OC)OCC(C)(C)CO1. The lowest BCUT2D eigenvalue weighted by Crippen LogP contribution is -2.61. The van der Waals surface area contributed by atoms with Gasteiger partial charge in [-0.05, 0) is 49.5 Å². The summed E-state index contributed by atoms with van der Waals surface area (Å²) >= 11 is 0. The van der Waals surface area contributed by atoms with E-state index in [9.17, 15) is 9.90 Å². The summed E-state index contributed by atoms with van der Waals surface area (Å²) in [6.07, 6.45) is 0.266. The van der Waals surface area contributed by atoms with Crippen LogP contribution in [0.4, 0.5) is 0 Å². The highest BCUT2D eigenvalue weighted by atomic mass is 16.7. The van der Waals surface area contributed by atoms with E-state index in [4.69, 9.17) is 42.6 Å². The molecule has 4 aliphatic rings. The molecule has 9 atom stereocenters. The molecule has 4 heterocycles. The van der Waals surface area contributed by atoms with Gasteiger partial charge in [-0.25, -0.2) is 0 Å². The van der Waals surface area contributed by atoms with E-state index in [1.807, 2.05) is 45.0 Å². The number of methoxy groups -OCH3 is 2. The molecule has 50 heavy (non-hydrogen) atoms. The van der Waals surface area contributed by atoms with E-state index in [0.717, 1.165) is 17.7 Å². The van der Waals surface area contributed by atoms with E-state index in [-0.39, 0.29) is 66.6 Å². The van der Waals surface area contributed by atoms with Crippen molar-refractivity contribution < 1.29 is 52.5 Å². The molecule has 282 valence electrons. The molecular formula is C39H60O11. The molecule has 1 aromatic rings. The minimum absolute atomic E-state index is 0.0259. The minimum Gasteiger partial charge on any atom is -0.497 e. The number of hydrogen-bond acceptors (Lipinski definition) is 11. The van der Waals surface area contributed by atoms with Crippen LogP contribution in [0.15, 0.2) is 36.4 Å². The van der Waals surface area contributed by atoms with Gasteiger partial charge in [0.25, 0.3) is 0 Å². The molecule has 4 fully saturated rings. The number of carbonyl (C=O) groups is 1. The zero-order valence-corrected chi connectivity index (χ0v) is 31.3. The molecule has 11 nitrogen and oxygen atoms in total. The Labute approximate surface area is 298 Å². The highest BCUT2D eigenvalue weighted by molar-refractivity contribution is 5.69. The van der Waals surface area contributed by atoms with E-state index in [1.54, 1.807) is 7.11 Å². The first kappa shape index (κ1) is 39.1. The zero-order valence-electron chi connectivity index (χ0n) is 31.3. The van der Waals surface area contributed by atoms with Crippen LogP contribution >= 0.6 is 0 Å². The smallest absolute Gasteiger partial charge is 0.305 e. The first-order chi connectivity index (χ1) is 23.6. The molecule has 1 unspecified atom stereocenters. The van der Waals surface area contributed by atoms with Gasteiger partial charge >= 0.3 is 5.97 Å². The number of rotatable bonds is 13. The Bertz CT molecular complexity index is 1270. The predicted molar refractivity (Wildman–Crippen MR) is 185 cm³/mol. The maximum Gasteiger partial charge on any atom is 0.305 e. The van der Waals surface area contributed by atoms with Crippen LogP contribution in [0.1, 0.15) is 85.6 Å². The topological polar surface area (TPSA) is 120 Å². The Balaban J connectivity index is 1.30. The van der Waals surface area contributed by atoms with Gasteiger partial charge in [0.05, 0.1) is 89.8 Å². The van der Waals surface area contributed by atoms with Gasteiger partial charge in [0.1, 0.15) is 5.75 Å². The van der Waals surface area contributed by atoms with E-state index >= 15 is 0 Å². The van der Waals surface area contributed by atoms with Crippen molar-refractivity contribution in [2.45, 2.75) is 141 Å². The molecule has 0 aliphatic carbocycles. The van der Waals surface area contributed by atoms with Crippen molar-refractivity contribution in [3.05, 3.63) is 42.0 Å². The molecule has 0 radical (unpaired) electrons. The number of hydrogen-bond donors (Lipinski definition) is 1. The lowest BCUT2D eigenvalue weighted by molar-refractivity contribution is -0.307. The van der Waals surface area contributed by atoms with Crippen LogP contribution in [-0.2, 0) is 49.3 Å². The summed E-state index contributed by atoms with van der Waals surface area (Å²) in [7, 11) is 3.02. The van der Waals surface area contributed by atoms with Crippen molar-refractivity contribution in [3.8, 4) is 5.75 Å². The fraction of sp³-hybridized carbons (Fsp3) is 0.769. The van der Waals surface area contributed by atoms with Crippen LogP contribution in [0, 0.1) is 17.3 Å². The Kier molecular flexibility index (Phi) is 12.7. The molecule has 0 bridgehead atoms. The third-order valence-corrected chi connectivity index (χ3v) is 10.7. The average Bonchev–Trinajstić information content (AvgIpc) is 3.23. The summed E-state index contributed by atoms with van der Waals surface area (Å²) in [6.45, 7) is 18.5. The van der Waals surface area contributed by atoms with Crippen molar-refractivity contribution in [2.75, 3.05) is 34.0 Å². The van der Waals surface area contributed by atoms with Gasteiger partial charge < -0.3 is 47.7 Å². The molecule has 1 aromatic carbocycles. The summed E-state index contributed by atoms with van der Waals surface area (Å²) < 4.78 is 55.4. The number of esters is 1. The molecule has 0 saturated carbocycles. The second kappa shape index (κ2) is 16.3. The second-order valence-corrected chi connectivity index (χ2v) is 15.9. The first-order valence-electron chi connectivity index (χ1n) is 18.2. The van der Waals surface area contributed by atoms with Gasteiger partial charge in [0.2, 0.25) is 0 Å². The van der Waals surface area contributed by atoms with Crippen LogP contribution in [0.3, 0.4) is 0 Å². The standard InChI is InChI=1S/C39H60O11/c1-24(20-39(16-14-34(41)43-9)46-22-37(4,5)23-47-39)25(2)29(40)18-32-35(44-21-27-10-12-28(42-8)13-11-27)26(3)36-33(48-32)19-31-30(49-36)15-17-45-38(6,7)50-31/h10-13,24,26,29-33,35-36,40H,2,14-23H2,1,3-9H3/t24-,26-,29?,30-,31-,32+,33+,35-,36+/m1/s1. The fourth-order valence-corrected chi connectivity index (χ4v) is 7.67. The van der Waals surface area contributed by atoms with Crippen molar-refractivity contribution in [1.82, 2.24) is 0 Å². The van der Waals surface area contributed by atoms with Crippen molar-refractivity contribution >= 4 is 5.97 Å². The minimum atomic E-state index is -0.981. The van der Waals surface area contributed by atoms with Gasteiger partial charge in [-0.2, -0.15) is 0 Å². The molecule has 0 amide bonds. The number of aliphatic hydroxyl groups excluding tert-OH is 1. The summed E-state index contributed by atoms with van der Waals surface area (Å²) in [4.78, 5) is 12.1. The van der Waals surface area contributed by atoms with Crippen LogP contribution in [-0.4, -0.2) is 99.4 Å². The number of ether oxygens (including phenoxy) is 9. The van der Waals surface area contributed by atoms with Crippen molar-refractivity contribution in [1.29, 1.82) is 0 Å². The van der Waals surface area contributed by atoms with Crippen LogP contribution < -0.4 is 4.74 Å². The van der Waals surface area contributed by atoms with Crippen LogP contribution in [0.5, 0.6) is 5.75 Å². The summed E-state index contributed by atoms with van der Waals surface area (Å²) in [5, 5.41) is 11.8. The highest BCUT2D eigenvalue weighted by Gasteiger charge is 2.52. The number of benzene rings is 1. The number of aliphatic hydroxyl groups is 1. The number of fused-ring (bicyclic) bond motifs is 2. The fourth-order valence-electron chi connectivity index (χ4n) is 7.67. The first-order valence-corrected chi connectivity index (χ1v) is 18.2. The predicted octanol–water partition coefficient (Wildman–Crippen LogP) is 5.74. The summed E-state index contributed by atoms with van der Waals surface area (Å²) in [6, 6.07) is 7.81. The molecule has 1 N–H and O–H groups in total. The monoisotopic (exact) mass is 704 g/mol. The molecule has 11 heteroatoms. The Morgan fingerprint density at radius 3 is 2.38 bits per heavy atom. The Morgan fingerprint density at radius 2 is 1.72 bits per heavy atom. The Morgan fingerprint density at radius 1 is 1.02 bits per heavy atom. The second-order valence-electron chi connectivity index (χ2n) is 15.9. The van der Waals surface area contributed by atoms with E-state index in [2.05, 4.69) is 27.4 Å². The van der Waals surface area contributed by atoms with E-state index in [1.165, 1.54) is 7.11 Å². The molecule has 0 aromatic heterocycles. The largest absolute Gasteiger partial charge is 0.497 e. The number of carbonyl (C=O) groups excluding carboxylic acids is 1. The quantitative estimate of drug-likeness (QED) is 0.200. The molecule has 4 aliphatic heterocycles. The van der Waals surface area contributed by atoms with Crippen molar-refractivity contribution in [2.24, 2.45) is 17.3 Å². The van der Waals surface area contributed by atoms with Gasteiger partial charge in [0, 0.05) is 37.0 Å². The van der Waals surface area contributed by atoms with Gasteiger partial charge in [-0.3, -0.25) is 4.79 Å². The zero-order chi connectivity index (χ0) is 36.3. The molecule has 0 spiro atoms. The molecular weight excluding hydrogens is 644 g/mol. The van der Waals surface area contributed by atoms with Crippen molar-refractivity contribution in [3.63, 3.8) is 0 Å². The van der Waals surface area contributed by atoms with Crippen LogP contribution in [0.2, 0.25) is 0 Å². The maximum absolute atomic E-state index is 12.1. The van der Waals surface area contributed by atoms with Gasteiger partial charge in [-0.15, -0.1) is 0 Å². The maximum atomic E-state index is 12.1.